The second kappa shape index (κ2) is 6.96. The van der Waals surface area contributed by atoms with E-state index in [1.807, 2.05) is 24.3 Å². The number of aromatic nitrogens is 1. The van der Waals surface area contributed by atoms with Gasteiger partial charge in [-0.2, -0.15) is 0 Å². The van der Waals surface area contributed by atoms with Gasteiger partial charge < -0.3 is 14.3 Å². The lowest BCUT2D eigenvalue weighted by atomic mass is 10.0. The van der Waals surface area contributed by atoms with Gasteiger partial charge in [-0.15, -0.1) is 0 Å². The molecule has 1 aliphatic rings. The van der Waals surface area contributed by atoms with Gasteiger partial charge in [0.1, 0.15) is 11.3 Å². The summed E-state index contributed by atoms with van der Waals surface area (Å²) in [7, 11) is 0. The summed E-state index contributed by atoms with van der Waals surface area (Å²) in [6.45, 7) is 0.652. The summed E-state index contributed by atoms with van der Waals surface area (Å²) in [5, 5.41) is 0. The van der Waals surface area contributed by atoms with Crippen molar-refractivity contribution in [1.82, 2.24) is 9.88 Å². The number of halogens is 1. The van der Waals surface area contributed by atoms with Crippen LogP contribution in [0.3, 0.4) is 0 Å². The van der Waals surface area contributed by atoms with Crippen molar-refractivity contribution in [2.24, 2.45) is 0 Å². The van der Waals surface area contributed by atoms with Crippen molar-refractivity contribution in [3.63, 3.8) is 0 Å². The van der Waals surface area contributed by atoms with Gasteiger partial charge in [0.2, 0.25) is 0 Å². The highest BCUT2D eigenvalue weighted by atomic mass is 79.9. The van der Waals surface area contributed by atoms with Gasteiger partial charge in [0.15, 0.2) is 0 Å². The standard InChI is InChI=1S/C20H17BrN2O3/c21-14-7-5-13(6-8-14)17-3-1-11-23(17)20(25)15-9-10-16(22-19(15)24)18-4-2-12-26-18/h2,4-10,12,17H,1,3,11H2,(H,22,24). The molecule has 1 amide bonds. The Morgan fingerprint density at radius 1 is 1.15 bits per heavy atom. The zero-order chi connectivity index (χ0) is 18.1. The fourth-order valence-corrected chi connectivity index (χ4v) is 3.68. The Balaban J connectivity index is 1.62. The van der Waals surface area contributed by atoms with Crippen molar-refractivity contribution < 1.29 is 9.21 Å². The monoisotopic (exact) mass is 412 g/mol. The number of carbonyl (C=O) groups is 1. The minimum absolute atomic E-state index is 0.000231. The zero-order valence-electron chi connectivity index (χ0n) is 13.9. The molecule has 0 saturated carbocycles. The number of nitrogens with zero attached hydrogens (tertiary/aromatic N) is 1. The first-order chi connectivity index (χ1) is 12.6. The van der Waals surface area contributed by atoms with E-state index in [0.29, 0.717) is 18.0 Å². The molecule has 3 heterocycles. The summed E-state index contributed by atoms with van der Waals surface area (Å²) < 4.78 is 6.29. The number of H-pyrrole nitrogens is 1. The smallest absolute Gasteiger partial charge is 0.261 e. The van der Waals surface area contributed by atoms with Gasteiger partial charge in [0, 0.05) is 11.0 Å². The number of rotatable bonds is 3. The Morgan fingerprint density at radius 3 is 2.65 bits per heavy atom. The largest absolute Gasteiger partial charge is 0.463 e. The molecule has 1 atom stereocenters. The molecule has 0 spiro atoms. The molecule has 26 heavy (non-hydrogen) atoms. The van der Waals surface area contributed by atoms with Crippen LogP contribution in [0, 0.1) is 0 Å². The summed E-state index contributed by atoms with van der Waals surface area (Å²) >= 11 is 3.43. The molecule has 4 rings (SSSR count). The summed E-state index contributed by atoms with van der Waals surface area (Å²) in [4.78, 5) is 30.0. The molecule has 1 saturated heterocycles. The molecule has 5 nitrogen and oxygen atoms in total. The van der Waals surface area contributed by atoms with Crippen LogP contribution in [0.2, 0.25) is 0 Å². The number of nitrogens with one attached hydrogen (secondary N) is 1. The molecule has 1 fully saturated rings. The zero-order valence-corrected chi connectivity index (χ0v) is 15.5. The molecule has 6 heteroatoms. The van der Waals surface area contributed by atoms with Crippen LogP contribution in [0.25, 0.3) is 11.5 Å². The maximum Gasteiger partial charge on any atom is 0.261 e. The second-order valence-electron chi connectivity index (χ2n) is 6.30. The molecule has 1 unspecified atom stereocenters. The van der Waals surface area contributed by atoms with Gasteiger partial charge in [-0.05, 0) is 54.8 Å². The lowest BCUT2D eigenvalue weighted by molar-refractivity contribution is 0.0734. The van der Waals surface area contributed by atoms with E-state index < -0.39 is 5.56 Å². The van der Waals surface area contributed by atoms with Gasteiger partial charge in [0.05, 0.1) is 18.0 Å². The number of hydrogen-bond acceptors (Lipinski definition) is 3. The maximum atomic E-state index is 13.0. The molecule has 1 N–H and O–H groups in total. The lowest BCUT2D eigenvalue weighted by Gasteiger charge is -2.25. The average Bonchev–Trinajstić information content (AvgIpc) is 3.34. The van der Waals surface area contributed by atoms with Crippen LogP contribution in [0.4, 0.5) is 0 Å². The highest BCUT2D eigenvalue weighted by Crippen LogP contribution is 2.33. The predicted octanol–water partition coefficient (Wildman–Crippen LogP) is 4.37. The van der Waals surface area contributed by atoms with Crippen LogP contribution in [0.5, 0.6) is 0 Å². The van der Waals surface area contributed by atoms with E-state index >= 15 is 0 Å². The third kappa shape index (κ3) is 3.12. The molecule has 132 valence electrons. The van der Waals surface area contributed by atoms with Crippen LogP contribution < -0.4 is 5.56 Å². The van der Waals surface area contributed by atoms with E-state index in [9.17, 15) is 9.59 Å². The SMILES string of the molecule is O=C(c1ccc(-c2ccco2)[nH]c1=O)N1CCCC1c1ccc(Br)cc1. The van der Waals surface area contributed by atoms with Gasteiger partial charge in [-0.25, -0.2) is 0 Å². The first-order valence-corrected chi connectivity index (χ1v) is 9.26. The topological polar surface area (TPSA) is 66.3 Å². The number of hydrogen-bond donors (Lipinski definition) is 1. The average molecular weight is 413 g/mol. The number of pyridine rings is 1. The van der Waals surface area contributed by atoms with Crippen molar-refractivity contribution >= 4 is 21.8 Å². The Kier molecular flexibility index (Phi) is 4.51. The summed E-state index contributed by atoms with van der Waals surface area (Å²) in [5.74, 6) is 0.331. The first-order valence-electron chi connectivity index (χ1n) is 8.47. The van der Waals surface area contributed by atoms with Crippen molar-refractivity contribution in [3.8, 4) is 11.5 Å². The third-order valence-corrected chi connectivity index (χ3v) is 5.22. The van der Waals surface area contributed by atoms with Gasteiger partial charge in [-0.1, -0.05) is 28.1 Å². The number of furan rings is 1. The highest BCUT2D eigenvalue weighted by Gasteiger charge is 2.31. The van der Waals surface area contributed by atoms with Gasteiger partial charge in [-0.3, -0.25) is 9.59 Å². The van der Waals surface area contributed by atoms with Crippen LogP contribution >= 0.6 is 15.9 Å². The molecule has 0 radical (unpaired) electrons. The Hall–Kier alpha value is -2.60. The fraction of sp³-hybridized carbons (Fsp3) is 0.200. The third-order valence-electron chi connectivity index (χ3n) is 4.69. The number of likely N-dealkylation sites (tertiary alicyclic amines) is 1. The Labute approximate surface area is 158 Å². The molecule has 1 aliphatic heterocycles. The van der Waals surface area contributed by atoms with Crippen molar-refractivity contribution in [1.29, 1.82) is 0 Å². The van der Waals surface area contributed by atoms with E-state index in [1.54, 1.807) is 35.4 Å². The number of carbonyl (C=O) groups excluding carboxylic acids is 1. The van der Waals surface area contributed by atoms with Crippen molar-refractivity contribution in [3.05, 3.63) is 80.7 Å². The van der Waals surface area contributed by atoms with E-state index in [1.165, 1.54) is 0 Å². The summed E-state index contributed by atoms with van der Waals surface area (Å²) in [5.41, 5.74) is 1.40. The van der Waals surface area contributed by atoms with Crippen molar-refractivity contribution in [2.45, 2.75) is 18.9 Å². The number of aromatic amines is 1. The number of benzene rings is 1. The van der Waals surface area contributed by atoms with Gasteiger partial charge >= 0.3 is 0 Å². The molecule has 0 bridgehead atoms. The Morgan fingerprint density at radius 2 is 1.96 bits per heavy atom. The normalized spacial score (nSPS) is 16.8. The molecule has 1 aromatic carbocycles. The summed E-state index contributed by atoms with van der Waals surface area (Å²) in [6.07, 6.45) is 3.37. The van der Waals surface area contributed by atoms with Crippen LogP contribution in [0.1, 0.15) is 34.8 Å². The minimum Gasteiger partial charge on any atom is -0.463 e. The molecular weight excluding hydrogens is 396 g/mol. The van der Waals surface area contributed by atoms with Crippen LogP contribution in [0.15, 0.2) is 68.5 Å². The highest BCUT2D eigenvalue weighted by molar-refractivity contribution is 9.10. The van der Waals surface area contributed by atoms with E-state index in [0.717, 1.165) is 22.9 Å². The molecular formula is C20H17BrN2O3. The van der Waals surface area contributed by atoms with Crippen LogP contribution in [-0.4, -0.2) is 22.3 Å². The van der Waals surface area contributed by atoms with Crippen LogP contribution in [-0.2, 0) is 0 Å². The summed E-state index contributed by atoms with van der Waals surface area (Å²) in [6, 6.07) is 14.8. The van der Waals surface area contributed by atoms with E-state index in [2.05, 4.69) is 20.9 Å². The van der Waals surface area contributed by atoms with E-state index in [4.69, 9.17) is 4.42 Å². The fourth-order valence-electron chi connectivity index (χ4n) is 3.41. The van der Waals surface area contributed by atoms with Gasteiger partial charge in [0.25, 0.3) is 11.5 Å². The number of amides is 1. The lowest BCUT2D eigenvalue weighted by Crippen LogP contribution is -2.34. The molecule has 3 aromatic rings. The molecule has 2 aromatic heterocycles. The second-order valence-corrected chi connectivity index (χ2v) is 7.22. The quantitative estimate of drug-likeness (QED) is 0.693. The predicted molar refractivity (Wildman–Crippen MR) is 102 cm³/mol. The van der Waals surface area contributed by atoms with Crippen molar-refractivity contribution in [2.75, 3.05) is 6.54 Å². The van der Waals surface area contributed by atoms with E-state index in [-0.39, 0.29) is 17.5 Å². The Bertz CT molecular complexity index is 977. The molecule has 0 aliphatic carbocycles. The minimum atomic E-state index is -0.398. The maximum absolute atomic E-state index is 13.0. The first kappa shape index (κ1) is 16.8.